The highest BCUT2D eigenvalue weighted by Crippen LogP contribution is 2.36. The number of rotatable bonds is 11. The Kier molecular flexibility index (Phi) is 9.18. The van der Waals surface area contributed by atoms with Crippen molar-refractivity contribution >= 4 is 34.1 Å². The van der Waals surface area contributed by atoms with Crippen LogP contribution >= 0.6 is 23.2 Å². The lowest BCUT2D eigenvalue weighted by atomic mass is 9.98. The van der Waals surface area contributed by atoms with Crippen LogP contribution in [0.2, 0.25) is 10.0 Å². The van der Waals surface area contributed by atoms with Gasteiger partial charge in [0.25, 0.3) is 0 Å². The molecule has 172 valence electrons. The third-order valence-corrected chi connectivity index (χ3v) is 6.23. The van der Waals surface area contributed by atoms with Gasteiger partial charge in [-0.05, 0) is 67.4 Å². The van der Waals surface area contributed by atoms with Crippen LogP contribution < -0.4 is 4.74 Å². The lowest BCUT2D eigenvalue weighted by molar-refractivity contribution is 0.108. The van der Waals surface area contributed by atoms with Crippen molar-refractivity contribution in [3.8, 4) is 16.9 Å². The van der Waals surface area contributed by atoms with Crippen LogP contribution in [0.15, 0.2) is 42.5 Å². The third-order valence-electron chi connectivity index (χ3n) is 5.69. The van der Waals surface area contributed by atoms with E-state index in [9.17, 15) is 5.11 Å². The number of hydrogen-bond donors (Lipinski definition) is 1. The second-order valence-corrected chi connectivity index (χ2v) is 8.97. The van der Waals surface area contributed by atoms with Gasteiger partial charge in [0, 0.05) is 17.0 Å². The predicted octanol–water partition coefficient (Wildman–Crippen LogP) is 7.15. The molecule has 1 heterocycles. The molecule has 1 atom stereocenters. The van der Waals surface area contributed by atoms with E-state index in [1.807, 2.05) is 36.4 Å². The van der Waals surface area contributed by atoms with E-state index in [0.717, 1.165) is 60.8 Å². The van der Waals surface area contributed by atoms with Crippen molar-refractivity contribution in [3.05, 3.63) is 58.2 Å². The summed E-state index contributed by atoms with van der Waals surface area (Å²) < 4.78 is 5.43. The molecule has 1 N–H and O–H groups in total. The Morgan fingerprint density at radius 1 is 1.00 bits per heavy atom. The highest BCUT2D eigenvalue weighted by molar-refractivity contribution is 6.33. The number of fused-ring (bicyclic) bond motifs is 1. The van der Waals surface area contributed by atoms with Crippen molar-refractivity contribution < 1.29 is 9.84 Å². The fourth-order valence-corrected chi connectivity index (χ4v) is 4.20. The molecule has 3 rings (SSSR count). The summed E-state index contributed by atoms with van der Waals surface area (Å²) in [5.41, 5.74) is 3.32. The van der Waals surface area contributed by atoms with Gasteiger partial charge in [-0.3, -0.25) is 0 Å². The van der Waals surface area contributed by atoms with Crippen LogP contribution in [0.5, 0.6) is 5.75 Å². The summed E-state index contributed by atoms with van der Waals surface area (Å²) in [5, 5.41) is 13.2. The normalized spacial score (nSPS) is 12.5. The van der Waals surface area contributed by atoms with Gasteiger partial charge in [0.2, 0.25) is 0 Å². The highest BCUT2D eigenvalue weighted by Gasteiger charge is 2.19. The van der Waals surface area contributed by atoms with Crippen LogP contribution in [0.25, 0.3) is 22.0 Å². The van der Waals surface area contributed by atoms with Crippen molar-refractivity contribution in [2.45, 2.75) is 45.6 Å². The lowest BCUT2D eigenvalue weighted by Crippen LogP contribution is -2.31. The zero-order valence-electron chi connectivity index (χ0n) is 19.1. The maximum Gasteiger partial charge on any atom is 0.138 e. The smallest absolute Gasteiger partial charge is 0.138 e. The van der Waals surface area contributed by atoms with Crippen LogP contribution in [-0.2, 0) is 0 Å². The molecule has 3 aromatic rings. The van der Waals surface area contributed by atoms with E-state index in [4.69, 9.17) is 32.9 Å². The number of ether oxygens (including phenoxy) is 1. The Bertz CT molecular complexity index is 1020. The lowest BCUT2D eigenvalue weighted by Gasteiger charge is -2.25. The first-order chi connectivity index (χ1) is 15.5. The summed E-state index contributed by atoms with van der Waals surface area (Å²) in [5.74, 6) is 0.592. The molecular formula is C26H32Cl2N2O2. The second-order valence-electron chi connectivity index (χ2n) is 8.13. The first kappa shape index (κ1) is 24.8. The number of aliphatic hydroxyl groups excluding tert-OH is 1. The maximum atomic E-state index is 11.2. The molecule has 0 amide bonds. The van der Waals surface area contributed by atoms with E-state index >= 15 is 0 Å². The summed E-state index contributed by atoms with van der Waals surface area (Å²) in [6.07, 6.45) is 3.81. The molecule has 0 aliphatic rings. The minimum absolute atomic E-state index is 0.494. The van der Waals surface area contributed by atoms with Crippen molar-refractivity contribution in [1.29, 1.82) is 0 Å². The van der Waals surface area contributed by atoms with E-state index in [2.05, 4.69) is 18.7 Å². The van der Waals surface area contributed by atoms with E-state index in [1.165, 1.54) is 0 Å². The molecule has 0 aliphatic heterocycles. The average Bonchev–Trinajstić information content (AvgIpc) is 2.80. The highest BCUT2D eigenvalue weighted by atomic mass is 35.5. The van der Waals surface area contributed by atoms with Crippen LogP contribution in [0, 0.1) is 0 Å². The molecule has 0 bridgehead atoms. The molecule has 6 heteroatoms. The second kappa shape index (κ2) is 11.9. The molecule has 32 heavy (non-hydrogen) atoms. The topological polar surface area (TPSA) is 45.6 Å². The van der Waals surface area contributed by atoms with Crippen molar-refractivity contribution in [2.24, 2.45) is 0 Å². The summed E-state index contributed by atoms with van der Waals surface area (Å²) in [6, 6.07) is 13.4. The Morgan fingerprint density at radius 2 is 1.66 bits per heavy atom. The van der Waals surface area contributed by atoms with Crippen molar-refractivity contribution in [3.63, 3.8) is 0 Å². The minimum atomic E-state index is -0.694. The molecule has 1 aromatic heterocycles. The van der Waals surface area contributed by atoms with Gasteiger partial charge in [-0.25, -0.2) is 4.98 Å². The quantitative estimate of drug-likeness (QED) is 0.320. The monoisotopic (exact) mass is 474 g/mol. The number of unbranched alkanes of at least 4 members (excludes halogenated alkanes) is 2. The van der Waals surface area contributed by atoms with Gasteiger partial charge in [-0.2, -0.15) is 0 Å². The Morgan fingerprint density at radius 3 is 2.25 bits per heavy atom. The number of hydrogen-bond acceptors (Lipinski definition) is 4. The number of methoxy groups -OCH3 is 1. The molecule has 1 unspecified atom stereocenters. The van der Waals surface area contributed by atoms with Gasteiger partial charge in [-0.15, -0.1) is 0 Å². The maximum absolute atomic E-state index is 11.2. The molecule has 0 aliphatic carbocycles. The van der Waals surface area contributed by atoms with E-state index in [-0.39, 0.29) is 0 Å². The predicted molar refractivity (Wildman–Crippen MR) is 135 cm³/mol. The molecule has 0 radical (unpaired) electrons. The fraction of sp³-hybridized carbons (Fsp3) is 0.423. The number of nitrogens with zero attached hydrogens (tertiary/aromatic N) is 2. The first-order valence-corrected chi connectivity index (χ1v) is 12.1. The van der Waals surface area contributed by atoms with Gasteiger partial charge >= 0.3 is 0 Å². The van der Waals surface area contributed by atoms with Crippen molar-refractivity contribution in [1.82, 2.24) is 9.88 Å². The number of aromatic nitrogens is 1. The van der Waals surface area contributed by atoms with Crippen LogP contribution in [0.1, 0.15) is 51.3 Å². The van der Waals surface area contributed by atoms with E-state index < -0.39 is 6.10 Å². The summed E-state index contributed by atoms with van der Waals surface area (Å²) in [6.45, 7) is 6.90. The van der Waals surface area contributed by atoms with Crippen LogP contribution in [-0.4, -0.2) is 41.7 Å². The average molecular weight is 475 g/mol. The van der Waals surface area contributed by atoms with Crippen molar-refractivity contribution in [2.75, 3.05) is 26.7 Å². The van der Waals surface area contributed by atoms with Gasteiger partial charge < -0.3 is 14.7 Å². The summed E-state index contributed by atoms with van der Waals surface area (Å²) >= 11 is 12.5. The Balaban J connectivity index is 2.03. The minimum Gasteiger partial charge on any atom is -0.495 e. The molecule has 2 aromatic carbocycles. The zero-order chi connectivity index (χ0) is 23.1. The number of halogens is 2. The summed E-state index contributed by atoms with van der Waals surface area (Å²) in [7, 11) is 1.60. The number of aliphatic hydroxyl groups is 1. The van der Waals surface area contributed by atoms with Gasteiger partial charge in [0.15, 0.2) is 0 Å². The third kappa shape index (κ3) is 6.14. The van der Waals surface area contributed by atoms with Gasteiger partial charge in [0.05, 0.1) is 23.3 Å². The molecule has 0 saturated heterocycles. The first-order valence-electron chi connectivity index (χ1n) is 11.3. The van der Waals surface area contributed by atoms with Crippen LogP contribution in [0.4, 0.5) is 0 Å². The zero-order valence-corrected chi connectivity index (χ0v) is 20.6. The van der Waals surface area contributed by atoms with Crippen LogP contribution in [0.3, 0.4) is 0 Å². The number of pyridine rings is 1. The van der Waals surface area contributed by atoms with Gasteiger partial charge in [0.1, 0.15) is 11.9 Å². The van der Waals surface area contributed by atoms with Gasteiger partial charge in [-0.1, -0.05) is 62.0 Å². The SMILES string of the molecule is CCCCN(CCCC)CC(O)c1cc(-c2ccc(Cl)cc2)c2cc(OC)c(Cl)cc2n1. The summed E-state index contributed by atoms with van der Waals surface area (Å²) in [4.78, 5) is 7.13. The van der Waals surface area contributed by atoms with E-state index in [0.29, 0.717) is 28.0 Å². The Hall–Kier alpha value is -1.85. The molecule has 4 nitrogen and oxygen atoms in total. The molecule has 0 spiro atoms. The van der Waals surface area contributed by atoms with E-state index in [1.54, 1.807) is 13.2 Å². The molecule has 0 fully saturated rings. The standard InChI is InChI=1S/C26H32Cl2N2O2/c1-4-6-12-30(13-7-5-2)17-25(31)24-14-20(18-8-10-19(27)11-9-18)21-15-26(32-3)22(28)16-23(21)29-24/h8-11,14-16,25,31H,4-7,12-13,17H2,1-3H3. The molecular weight excluding hydrogens is 443 g/mol. The Labute approximate surface area is 201 Å². The fourth-order valence-electron chi connectivity index (χ4n) is 3.84. The number of benzene rings is 2. The largest absolute Gasteiger partial charge is 0.495 e. The molecule has 0 saturated carbocycles.